The van der Waals surface area contributed by atoms with E-state index in [0.717, 1.165) is 6.20 Å². The third kappa shape index (κ3) is 2.78. The average Bonchev–Trinajstić information content (AvgIpc) is 2.78. The molecule has 0 aliphatic heterocycles. The molecule has 0 saturated heterocycles. The van der Waals surface area contributed by atoms with E-state index >= 15 is 0 Å². The highest BCUT2D eigenvalue weighted by molar-refractivity contribution is 9.09. The molecule has 100 valence electrons. The number of halogens is 3. The molecular weight excluding hydrogens is 324 g/mol. The van der Waals surface area contributed by atoms with Gasteiger partial charge in [-0.1, -0.05) is 6.07 Å². The van der Waals surface area contributed by atoms with Crippen LogP contribution in [-0.2, 0) is 4.96 Å². The van der Waals surface area contributed by atoms with E-state index in [2.05, 4.69) is 21.0 Å². The van der Waals surface area contributed by atoms with Crippen molar-refractivity contribution in [1.82, 2.24) is 9.78 Å². The smallest absolute Gasteiger partial charge is 0.258 e. The Bertz CT molecular complexity index is 637. The second kappa shape index (κ2) is 4.69. The average molecular weight is 332 g/mol. The van der Waals surface area contributed by atoms with Gasteiger partial charge in [-0.2, -0.15) is 18.6 Å². The highest BCUT2D eigenvalue weighted by Crippen LogP contribution is 2.31. The summed E-state index contributed by atoms with van der Waals surface area (Å²) in [5.41, 5.74) is 1.31. The largest absolute Gasteiger partial charge is 0.400 e. The molecule has 0 aliphatic rings. The van der Waals surface area contributed by atoms with Crippen molar-refractivity contribution in [2.75, 3.05) is 0 Å². The van der Waals surface area contributed by atoms with E-state index < -0.39 is 9.88 Å². The number of hydrogen-bond donors (Lipinski definition) is 0. The standard InChI is InChI=1S/C11H8BrF2N3O2/c1-7-2-3-8(17(18)19)6-9(7)10-4-5-16(15-10)11(12,13)14/h2-6H,1H3. The van der Waals surface area contributed by atoms with Crippen molar-refractivity contribution >= 4 is 21.6 Å². The van der Waals surface area contributed by atoms with Gasteiger partial charge in [0.1, 0.15) is 0 Å². The summed E-state index contributed by atoms with van der Waals surface area (Å²) in [6.07, 6.45) is 1.10. The fraction of sp³-hybridized carbons (Fsp3) is 0.182. The number of rotatable bonds is 3. The van der Waals surface area contributed by atoms with E-state index in [-0.39, 0.29) is 11.4 Å². The number of nitro benzene ring substituents is 1. The summed E-state index contributed by atoms with van der Waals surface area (Å²) in [6, 6.07) is 5.60. The number of hydrogen-bond acceptors (Lipinski definition) is 3. The van der Waals surface area contributed by atoms with Crippen LogP contribution in [0.5, 0.6) is 0 Å². The Morgan fingerprint density at radius 2 is 2.11 bits per heavy atom. The highest BCUT2D eigenvalue weighted by atomic mass is 79.9. The summed E-state index contributed by atoms with van der Waals surface area (Å²) in [7, 11) is 0. The number of nitrogens with zero attached hydrogens (tertiary/aromatic N) is 3. The Hall–Kier alpha value is -1.83. The van der Waals surface area contributed by atoms with Gasteiger partial charge < -0.3 is 0 Å². The van der Waals surface area contributed by atoms with Crippen molar-refractivity contribution < 1.29 is 13.7 Å². The molecule has 1 aromatic heterocycles. The minimum absolute atomic E-state index is 0.110. The van der Waals surface area contributed by atoms with Gasteiger partial charge in [0.15, 0.2) is 0 Å². The van der Waals surface area contributed by atoms with Crippen molar-refractivity contribution in [2.45, 2.75) is 11.9 Å². The lowest BCUT2D eigenvalue weighted by molar-refractivity contribution is -0.384. The van der Waals surface area contributed by atoms with Crippen LogP contribution in [-0.4, -0.2) is 14.7 Å². The van der Waals surface area contributed by atoms with Gasteiger partial charge >= 0.3 is 4.96 Å². The molecule has 0 unspecified atom stereocenters. The van der Waals surface area contributed by atoms with Crippen LogP contribution in [0.3, 0.4) is 0 Å². The number of nitro groups is 1. The molecule has 2 aromatic rings. The van der Waals surface area contributed by atoms with Crippen LogP contribution in [0.2, 0.25) is 0 Å². The second-order valence-electron chi connectivity index (χ2n) is 3.87. The molecule has 8 heteroatoms. The molecule has 1 heterocycles. The zero-order valence-electron chi connectivity index (χ0n) is 9.68. The summed E-state index contributed by atoms with van der Waals surface area (Å²) in [5, 5.41) is 14.4. The van der Waals surface area contributed by atoms with Crippen LogP contribution in [0.1, 0.15) is 5.56 Å². The van der Waals surface area contributed by atoms with Gasteiger partial charge in [0, 0.05) is 39.8 Å². The SMILES string of the molecule is Cc1ccc([N+](=O)[O-])cc1-c1ccn(C(F)(F)Br)n1. The van der Waals surface area contributed by atoms with Crippen molar-refractivity contribution in [3.05, 3.63) is 46.1 Å². The van der Waals surface area contributed by atoms with Crippen LogP contribution in [0.15, 0.2) is 30.5 Å². The summed E-state index contributed by atoms with van der Waals surface area (Å²) in [4.78, 5) is 6.88. The number of benzene rings is 1. The van der Waals surface area contributed by atoms with Crippen LogP contribution in [0, 0.1) is 17.0 Å². The van der Waals surface area contributed by atoms with Crippen molar-refractivity contribution in [2.24, 2.45) is 0 Å². The third-order valence-corrected chi connectivity index (χ3v) is 2.92. The Morgan fingerprint density at radius 3 is 2.63 bits per heavy atom. The first kappa shape index (κ1) is 13.6. The monoisotopic (exact) mass is 331 g/mol. The number of alkyl halides is 3. The molecular formula is C11H8BrF2N3O2. The fourth-order valence-electron chi connectivity index (χ4n) is 1.61. The van der Waals surface area contributed by atoms with Crippen LogP contribution in [0.4, 0.5) is 14.5 Å². The number of aromatic nitrogens is 2. The van der Waals surface area contributed by atoms with E-state index in [1.54, 1.807) is 13.0 Å². The molecule has 1 aromatic carbocycles. The van der Waals surface area contributed by atoms with Crippen molar-refractivity contribution in [1.29, 1.82) is 0 Å². The lowest BCUT2D eigenvalue weighted by Gasteiger charge is -2.07. The van der Waals surface area contributed by atoms with Gasteiger partial charge in [0.05, 0.1) is 10.6 Å². The maximum absolute atomic E-state index is 13.0. The third-order valence-electron chi connectivity index (χ3n) is 2.56. The summed E-state index contributed by atoms with van der Waals surface area (Å²) in [6.45, 7) is 1.73. The summed E-state index contributed by atoms with van der Waals surface area (Å²) < 4.78 is 26.4. The Balaban J connectivity index is 2.49. The Labute approximate surface area is 115 Å². The maximum Gasteiger partial charge on any atom is 0.400 e. The van der Waals surface area contributed by atoms with E-state index in [1.165, 1.54) is 18.2 Å². The van der Waals surface area contributed by atoms with E-state index in [9.17, 15) is 18.9 Å². The number of aryl methyl sites for hydroxylation is 1. The van der Waals surface area contributed by atoms with Crippen LogP contribution < -0.4 is 0 Å². The molecule has 2 rings (SSSR count). The molecule has 0 aliphatic carbocycles. The van der Waals surface area contributed by atoms with Crippen LogP contribution in [0.25, 0.3) is 11.3 Å². The molecule has 5 nitrogen and oxygen atoms in total. The van der Waals surface area contributed by atoms with Crippen LogP contribution >= 0.6 is 15.9 Å². The summed E-state index contributed by atoms with van der Waals surface area (Å²) in [5.74, 6) is 0. The molecule has 0 bridgehead atoms. The normalized spacial score (nSPS) is 11.6. The molecule has 0 amide bonds. The zero-order valence-corrected chi connectivity index (χ0v) is 11.3. The summed E-state index contributed by atoms with van der Waals surface area (Å²) >= 11 is 2.19. The Kier molecular flexibility index (Phi) is 3.36. The van der Waals surface area contributed by atoms with Gasteiger partial charge in [-0.25, -0.2) is 0 Å². The quantitative estimate of drug-likeness (QED) is 0.489. The molecule has 19 heavy (non-hydrogen) atoms. The van der Waals surface area contributed by atoms with E-state index in [4.69, 9.17) is 0 Å². The van der Waals surface area contributed by atoms with Crippen molar-refractivity contribution in [3.8, 4) is 11.3 Å². The molecule has 0 radical (unpaired) electrons. The molecule has 0 fully saturated rings. The topological polar surface area (TPSA) is 61.0 Å². The van der Waals surface area contributed by atoms with Gasteiger partial charge in [0.25, 0.3) is 5.69 Å². The van der Waals surface area contributed by atoms with E-state index in [0.29, 0.717) is 15.8 Å². The second-order valence-corrected chi connectivity index (χ2v) is 4.82. The highest BCUT2D eigenvalue weighted by Gasteiger charge is 2.28. The maximum atomic E-state index is 13.0. The lowest BCUT2D eigenvalue weighted by Crippen LogP contribution is -2.14. The Morgan fingerprint density at radius 1 is 1.42 bits per heavy atom. The first-order valence-electron chi connectivity index (χ1n) is 5.17. The van der Waals surface area contributed by atoms with Gasteiger partial charge in [0.2, 0.25) is 0 Å². The first-order valence-corrected chi connectivity index (χ1v) is 5.96. The molecule has 0 spiro atoms. The van der Waals surface area contributed by atoms with Gasteiger partial charge in [-0.05, 0) is 18.6 Å². The predicted octanol–water partition coefficient (Wildman–Crippen LogP) is 3.67. The zero-order chi connectivity index (χ0) is 14.2. The fourth-order valence-corrected chi connectivity index (χ4v) is 1.81. The van der Waals surface area contributed by atoms with Gasteiger partial charge in [-0.3, -0.25) is 10.1 Å². The minimum Gasteiger partial charge on any atom is -0.258 e. The molecule has 0 N–H and O–H groups in total. The first-order chi connectivity index (χ1) is 8.79. The number of non-ortho nitro benzene ring substituents is 1. The predicted molar refractivity (Wildman–Crippen MR) is 68.2 cm³/mol. The van der Waals surface area contributed by atoms with Gasteiger partial charge in [-0.15, -0.1) is 0 Å². The van der Waals surface area contributed by atoms with E-state index in [1.807, 2.05) is 0 Å². The minimum atomic E-state index is -3.29. The molecule has 0 atom stereocenters. The van der Waals surface area contributed by atoms with Crippen molar-refractivity contribution in [3.63, 3.8) is 0 Å². The molecule has 0 saturated carbocycles. The lowest BCUT2D eigenvalue weighted by atomic mass is 10.1.